The summed E-state index contributed by atoms with van der Waals surface area (Å²) in [6, 6.07) is 9.35. The van der Waals surface area contributed by atoms with Gasteiger partial charge in [0.05, 0.1) is 12.8 Å². The zero-order valence-corrected chi connectivity index (χ0v) is 21.3. The number of furan rings is 1. The van der Waals surface area contributed by atoms with E-state index in [0.717, 1.165) is 43.4 Å². The van der Waals surface area contributed by atoms with Gasteiger partial charge in [-0.2, -0.15) is 5.10 Å². The van der Waals surface area contributed by atoms with Crippen LogP contribution >= 0.6 is 0 Å². The van der Waals surface area contributed by atoms with Gasteiger partial charge in [0.25, 0.3) is 11.8 Å². The molecule has 0 bridgehead atoms. The maximum atomic E-state index is 13.3. The normalized spacial score (nSPS) is 18.0. The van der Waals surface area contributed by atoms with Crippen molar-refractivity contribution in [3.8, 4) is 5.75 Å². The van der Waals surface area contributed by atoms with Crippen LogP contribution in [0.5, 0.6) is 5.75 Å². The Balaban J connectivity index is 1.24. The first kappa shape index (κ1) is 23.5. The number of para-hydroxylation sites is 1. The summed E-state index contributed by atoms with van der Waals surface area (Å²) >= 11 is 0. The zero-order chi connectivity index (χ0) is 25.0. The first-order valence-electron chi connectivity index (χ1n) is 12.3. The SMILES string of the molecule is COc1cccc2cc(C(=O)N3CCC4(CC3)CCN(C(=O)c3cc(C(C)(C)C)nn3C)C4)oc12. The van der Waals surface area contributed by atoms with E-state index < -0.39 is 0 Å². The van der Waals surface area contributed by atoms with Crippen molar-refractivity contribution in [1.82, 2.24) is 19.6 Å². The lowest BCUT2D eigenvalue weighted by Gasteiger charge is -2.38. The molecule has 2 aliphatic rings. The van der Waals surface area contributed by atoms with E-state index in [1.807, 2.05) is 41.1 Å². The molecular weight excluding hydrogens is 444 g/mol. The molecular formula is C27H34N4O4. The number of carbonyl (C=O) groups is 2. The van der Waals surface area contributed by atoms with Gasteiger partial charge in [-0.3, -0.25) is 14.3 Å². The van der Waals surface area contributed by atoms with E-state index >= 15 is 0 Å². The second kappa shape index (κ2) is 8.43. The Morgan fingerprint density at radius 1 is 1.03 bits per heavy atom. The summed E-state index contributed by atoms with van der Waals surface area (Å²) in [5.74, 6) is 0.920. The molecule has 2 saturated heterocycles. The number of methoxy groups -OCH3 is 1. The molecule has 0 saturated carbocycles. The maximum absolute atomic E-state index is 13.3. The van der Waals surface area contributed by atoms with E-state index in [-0.39, 0.29) is 22.6 Å². The molecule has 0 N–H and O–H groups in total. The lowest BCUT2D eigenvalue weighted by Crippen LogP contribution is -2.44. The Hall–Kier alpha value is -3.29. The molecule has 1 spiro atoms. The van der Waals surface area contributed by atoms with Crippen LogP contribution in [0.3, 0.4) is 0 Å². The maximum Gasteiger partial charge on any atom is 0.289 e. The minimum absolute atomic E-state index is 0.0436. The number of ether oxygens (including phenoxy) is 1. The molecule has 0 unspecified atom stereocenters. The van der Waals surface area contributed by atoms with Crippen molar-refractivity contribution in [2.24, 2.45) is 12.5 Å². The topological polar surface area (TPSA) is 80.8 Å². The van der Waals surface area contributed by atoms with Gasteiger partial charge in [0.15, 0.2) is 17.1 Å². The minimum atomic E-state index is -0.104. The van der Waals surface area contributed by atoms with Crippen LogP contribution in [0.1, 0.15) is 66.8 Å². The largest absolute Gasteiger partial charge is 0.493 e. The number of benzene rings is 1. The molecule has 2 aromatic heterocycles. The van der Waals surface area contributed by atoms with E-state index in [0.29, 0.717) is 35.9 Å². The third-order valence-electron chi connectivity index (χ3n) is 7.64. The monoisotopic (exact) mass is 478 g/mol. The number of nitrogens with zero attached hydrogens (tertiary/aromatic N) is 4. The van der Waals surface area contributed by atoms with E-state index in [1.165, 1.54) is 0 Å². The van der Waals surface area contributed by atoms with Crippen LogP contribution < -0.4 is 4.74 Å². The number of fused-ring (bicyclic) bond motifs is 1. The van der Waals surface area contributed by atoms with Gasteiger partial charge in [-0.25, -0.2) is 0 Å². The highest BCUT2D eigenvalue weighted by Gasteiger charge is 2.43. The lowest BCUT2D eigenvalue weighted by atomic mass is 9.77. The standard InChI is InChI=1S/C27H34N4O4/c1-26(2,3)22-16-19(29(4)28-22)24(32)31-14-11-27(17-31)9-12-30(13-10-27)25(33)21-15-18-7-6-8-20(34-5)23(18)35-21/h6-8,15-16H,9-14,17H2,1-5H3. The van der Waals surface area contributed by atoms with Gasteiger partial charge in [0.1, 0.15) is 5.69 Å². The van der Waals surface area contributed by atoms with E-state index in [1.54, 1.807) is 17.9 Å². The molecule has 2 fully saturated rings. The van der Waals surface area contributed by atoms with Crippen LogP contribution in [0.4, 0.5) is 0 Å². The summed E-state index contributed by atoms with van der Waals surface area (Å²) < 4.78 is 12.9. The molecule has 2 amide bonds. The van der Waals surface area contributed by atoms with Crippen molar-refractivity contribution in [2.75, 3.05) is 33.3 Å². The highest BCUT2D eigenvalue weighted by Crippen LogP contribution is 2.41. The first-order valence-corrected chi connectivity index (χ1v) is 12.3. The van der Waals surface area contributed by atoms with Gasteiger partial charge in [-0.05, 0) is 42.9 Å². The average Bonchev–Trinajstić information content (AvgIpc) is 3.55. The molecule has 1 aromatic carbocycles. The van der Waals surface area contributed by atoms with Crippen LogP contribution in [0, 0.1) is 5.41 Å². The van der Waals surface area contributed by atoms with Crippen LogP contribution in [-0.2, 0) is 12.5 Å². The van der Waals surface area contributed by atoms with Gasteiger partial charge in [0.2, 0.25) is 0 Å². The Bertz CT molecular complexity index is 1270. The van der Waals surface area contributed by atoms with Crippen molar-refractivity contribution >= 4 is 22.8 Å². The number of aryl methyl sites for hydroxylation is 1. The minimum Gasteiger partial charge on any atom is -0.493 e. The molecule has 0 aliphatic carbocycles. The molecule has 5 rings (SSSR count). The lowest BCUT2D eigenvalue weighted by molar-refractivity contribution is 0.0540. The smallest absolute Gasteiger partial charge is 0.289 e. The summed E-state index contributed by atoms with van der Waals surface area (Å²) in [6.45, 7) is 9.10. The Labute approximate surface area is 205 Å². The fraction of sp³-hybridized carbons (Fsp3) is 0.519. The van der Waals surface area contributed by atoms with Gasteiger partial charge in [-0.1, -0.05) is 32.9 Å². The van der Waals surface area contributed by atoms with Crippen LogP contribution in [0.2, 0.25) is 0 Å². The molecule has 0 radical (unpaired) electrons. The number of hydrogen-bond donors (Lipinski definition) is 0. The summed E-state index contributed by atoms with van der Waals surface area (Å²) in [4.78, 5) is 30.3. The van der Waals surface area contributed by atoms with E-state index in [2.05, 4.69) is 25.9 Å². The molecule has 4 heterocycles. The quantitative estimate of drug-likeness (QED) is 0.563. The molecule has 8 heteroatoms. The zero-order valence-electron chi connectivity index (χ0n) is 21.3. The number of amides is 2. The Kier molecular flexibility index (Phi) is 5.65. The fourth-order valence-electron chi connectivity index (χ4n) is 5.35. The highest BCUT2D eigenvalue weighted by atomic mass is 16.5. The molecule has 2 aliphatic heterocycles. The summed E-state index contributed by atoms with van der Waals surface area (Å²) in [7, 11) is 3.43. The molecule has 35 heavy (non-hydrogen) atoms. The Morgan fingerprint density at radius 3 is 2.34 bits per heavy atom. The third-order valence-corrected chi connectivity index (χ3v) is 7.64. The van der Waals surface area contributed by atoms with Crippen molar-refractivity contribution in [2.45, 2.75) is 45.4 Å². The van der Waals surface area contributed by atoms with Crippen LogP contribution in [0.25, 0.3) is 11.0 Å². The van der Waals surface area contributed by atoms with Gasteiger partial charge in [-0.15, -0.1) is 0 Å². The summed E-state index contributed by atoms with van der Waals surface area (Å²) in [5, 5.41) is 5.43. The number of likely N-dealkylation sites (tertiary alicyclic amines) is 2. The summed E-state index contributed by atoms with van der Waals surface area (Å²) in [6.07, 6.45) is 2.72. The fourth-order valence-corrected chi connectivity index (χ4v) is 5.35. The van der Waals surface area contributed by atoms with E-state index in [9.17, 15) is 9.59 Å². The van der Waals surface area contributed by atoms with Crippen molar-refractivity contribution in [3.05, 3.63) is 47.5 Å². The number of carbonyl (C=O) groups excluding carboxylic acids is 2. The highest BCUT2D eigenvalue weighted by molar-refractivity contribution is 5.97. The number of hydrogen-bond acceptors (Lipinski definition) is 5. The number of aromatic nitrogens is 2. The second-order valence-electron chi connectivity index (χ2n) is 11.0. The Morgan fingerprint density at radius 2 is 1.71 bits per heavy atom. The van der Waals surface area contributed by atoms with Gasteiger partial charge >= 0.3 is 0 Å². The second-order valence-corrected chi connectivity index (χ2v) is 11.0. The van der Waals surface area contributed by atoms with Crippen LogP contribution in [0.15, 0.2) is 34.7 Å². The van der Waals surface area contributed by atoms with Gasteiger partial charge < -0.3 is 19.0 Å². The van der Waals surface area contributed by atoms with Crippen LogP contribution in [-0.4, -0.2) is 64.7 Å². The van der Waals surface area contributed by atoms with Crippen molar-refractivity contribution in [1.29, 1.82) is 0 Å². The third kappa shape index (κ3) is 4.19. The number of rotatable bonds is 3. The van der Waals surface area contributed by atoms with Crippen molar-refractivity contribution in [3.63, 3.8) is 0 Å². The molecule has 8 nitrogen and oxygen atoms in total. The summed E-state index contributed by atoms with van der Waals surface area (Å²) in [5.41, 5.74) is 2.12. The predicted octanol–water partition coefficient (Wildman–Crippen LogP) is 4.24. The molecule has 186 valence electrons. The number of piperidine rings is 1. The van der Waals surface area contributed by atoms with Crippen molar-refractivity contribution < 1.29 is 18.7 Å². The predicted molar refractivity (Wildman–Crippen MR) is 133 cm³/mol. The average molecular weight is 479 g/mol. The van der Waals surface area contributed by atoms with Gasteiger partial charge in [0, 0.05) is 44.0 Å². The van der Waals surface area contributed by atoms with E-state index in [4.69, 9.17) is 9.15 Å². The molecule has 3 aromatic rings. The molecule has 0 atom stereocenters. The first-order chi connectivity index (χ1) is 16.6.